The lowest BCUT2D eigenvalue weighted by Gasteiger charge is -2.07. The predicted molar refractivity (Wildman–Crippen MR) is 69.0 cm³/mol. The predicted octanol–water partition coefficient (Wildman–Crippen LogP) is 5.66. The van der Waals surface area contributed by atoms with Crippen molar-refractivity contribution in [2.75, 3.05) is 0 Å². The molecular formula is C14H7F5S. The molecule has 104 valence electrons. The first-order valence-corrected chi connectivity index (χ1v) is 6.49. The van der Waals surface area contributed by atoms with Gasteiger partial charge in [0.05, 0.1) is 15.0 Å². The van der Waals surface area contributed by atoms with E-state index in [4.69, 9.17) is 0 Å². The lowest BCUT2D eigenvalue weighted by Crippen LogP contribution is -2.07. The molecule has 3 rings (SSSR count). The van der Waals surface area contributed by atoms with Crippen molar-refractivity contribution in [2.24, 2.45) is 0 Å². The van der Waals surface area contributed by atoms with Gasteiger partial charge in [0.15, 0.2) is 5.82 Å². The van der Waals surface area contributed by atoms with E-state index >= 15 is 0 Å². The van der Waals surface area contributed by atoms with Gasteiger partial charge in [0.25, 0.3) is 0 Å². The zero-order valence-corrected chi connectivity index (χ0v) is 10.9. The second-order valence-corrected chi connectivity index (χ2v) is 5.50. The van der Waals surface area contributed by atoms with Crippen LogP contribution in [0.4, 0.5) is 22.0 Å². The summed E-state index contributed by atoms with van der Waals surface area (Å²) in [6.07, 6.45) is -4.76. The topological polar surface area (TPSA) is 0 Å². The van der Waals surface area contributed by atoms with Crippen LogP contribution in [0.25, 0.3) is 20.2 Å². The smallest absolute Gasteiger partial charge is 0.205 e. The van der Waals surface area contributed by atoms with Gasteiger partial charge in [-0.15, -0.1) is 11.3 Å². The fraction of sp³-hybridized carbons (Fsp3) is 0.143. The summed E-state index contributed by atoms with van der Waals surface area (Å²) in [5, 5.41) is 0.732. The molecule has 0 atom stereocenters. The minimum Gasteiger partial charge on any atom is -0.205 e. The Labute approximate surface area is 114 Å². The zero-order chi connectivity index (χ0) is 14.7. The normalized spacial score (nSPS) is 12.5. The highest BCUT2D eigenvalue weighted by molar-refractivity contribution is 7.25. The summed E-state index contributed by atoms with van der Waals surface area (Å²) in [6, 6.07) is 5.01. The molecule has 0 N–H and O–H groups in total. The van der Waals surface area contributed by atoms with Gasteiger partial charge in [-0.05, 0) is 18.6 Å². The zero-order valence-electron chi connectivity index (χ0n) is 10.1. The van der Waals surface area contributed by atoms with Crippen molar-refractivity contribution in [1.29, 1.82) is 0 Å². The second-order valence-electron chi connectivity index (χ2n) is 4.48. The number of alkyl halides is 3. The molecule has 0 nitrogen and oxygen atoms in total. The molecule has 0 fully saturated rings. The highest BCUT2D eigenvalue weighted by Gasteiger charge is 2.35. The van der Waals surface area contributed by atoms with Crippen molar-refractivity contribution >= 4 is 31.5 Å². The lowest BCUT2D eigenvalue weighted by atomic mass is 10.1. The van der Waals surface area contributed by atoms with E-state index in [1.807, 2.05) is 0 Å². The van der Waals surface area contributed by atoms with Crippen molar-refractivity contribution < 1.29 is 22.0 Å². The molecule has 0 radical (unpaired) electrons. The van der Waals surface area contributed by atoms with E-state index in [9.17, 15) is 22.0 Å². The van der Waals surface area contributed by atoms with Gasteiger partial charge in [-0.1, -0.05) is 18.2 Å². The van der Waals surface area contributed by atoms with Gasteiger partial charge in [0, 0.05) is 10.8 Å². The molecule has 1 heterocycles. The molecular weight excluding hydrogens is 295 g/mol. The third kappa shape index (κ3) is 1.78. The quantitative estimate of drug-likeness (QED) is 0.470. The summed E-state index contributed by atoms with van der Waals surface area (Å²) in [5.41, 5.74) is -0.950. The van der Waals surface area contributed by atoms with Crippen molar-refractivity contribution in [3.8, 4) is 0 Å². The van der Waals surface area contributed by atoms with Crippen LogP contribution in [-0.2, 0) is 6.18 Å². The molecule has 0 aliphatic heterocycles. The van der Waals surface area contributed by atoms with Crippen molar-refractivity contribution in [1.82, 2.24) is 0 Å². The SMILES string of the molecule is Cc1ccc2c(sc3c(F)c(C(F)(F)F)ccc32)c1F. The third-order valence-corrected chi connectivity index (χ3v) is 4.39. The number of halogens is 5. The second kappa shape index (κ2) is 4.15. The van der Waals surface area contributed by atoms with Crippen molar-refractivity contribution in [2.45, 2.75) is 13.1 Å². The molecule has 20 heavy (non-hydrogen) atoms. The Morgan fingerprint density at radius 2 is 1.40 bits per heavy atom. The summed E-state index contributed by atoms with van der Waals surface area (Å²) in [5.74, 6) is -1.86. The first-order valence-electron chi connectivity index (χ1n) is 5.67. The van der Waals surface area contributed by atoms with Gasteiger partial charge in [-0.2, -0.15) is 13.2 Å². The molecule has 0 unspecified atom stereocenters. The number of rotatable bonds is 0. The molecule has 0 saturated heterocycles. The van der Waals surface area contributed by atoms with Crippen LogP contribution in [0.15, 0.2) is 24.3 Å². The van der Waals surface area contributed by atoms with E-state index in [0.717, 1.165) is 0 Å². The fourth-order valence-electron chi connectivity index (χ4n) is 2.16. The Morgan fingerprint density at radius 1 is 0.850 bits per heavy atom. The number of benzene rings is 2. The highest BCUT2D eigenvalue weighted by atomic mass is 32.1. The van der Waals surface area contributed by atoms with E-state index in [1.165, 1.54) is 12.1 Å². The van der Waals surface area contributed by atoms with Crippen LogP contribution in [0, 0.1) is 18.6 Å². The van der Waals surface area contributed by atoms with Gasteiger partial charge >= 0.3 is 6.18 Å². The van der Waals surface area contributed by atoms with Crippen molar-refractivity contribution in [3.63, 3.8) is 0 Å². The number of hydrogen-bond acceptors (Lipinski definition) is 1. The van der Waals surface area contributed by atoms with Crippen molar-refractivity contribution in [3.05, 3.63) is 47.0 Å². The molecule has 6 heteroatoms. The first-order chi connectivity index (χ1) is 9.30. The van der Waals surface area contributed by atoms with E-state index in [0.29, 0.717) is 33.7 Å². The summed E-state index contributed by atoms with van der Waals surface area (Å²) in [7, 11) is 0. The Morgan fingerprint density at radius 3 is 2.00 bits per heavy atom. The van der Waals surface area contributed by atoms with Gasteiger partial charge in [-0.25, -0.2) is 8.78 Å². The molecule has 0 saturated carbocycles. The summed E-state index contributed by atoms with van der Waals surface area (Å²) in [4.78, 5) is 0. The average molecular weight is 302 g/mol. The Bertz CT molecular complexity index is 829. The average Bonchev–Trinajstić information content (AvgIpc) is 2.73. The third-order valence-electron chi connectivity index (χ3n) is 3.19. The fourth-order valence-corrected chi connectivity index (χ4v) is 3.39. The minimum atomic E-state index is -4.76. The van der Waals surface area contributed by atoms with E-state index < -0.39 is 23.4 Å². The Kier molecular flexibility index (Phi) is 2.76. The van der Waals surface area contributed by atoms with Gasteiger partial charge in [0.2, 0.25) is 0 Å². The van der Waals surface area contributed by atoms with Crippen LogP contribution in [-0.4, -0.2) is 0 Å². The number of thiophene rings is 1. The van der Waals surface area contributed by atoms with Crippen LogP contribution in [0.2, 0.25) is 0 Å². The molecule has 3 aromatic rings. The summed E-state index contributed by atoms with van der Waals surface area (Å²) < 4.78 is 66.0. The first kappa shape index (κ1) is 13.3. The standard InChI is InChI=1S/C14H7F5S/c1-6-2-3-7-8-4-5-9(14(17,18)19)11(16)13(8)20-12(7)10(6)15/h2-5H,1H3. The van der Waals surface area contributed by atoms with E-state index in [-0.39, 0.29) is 9.40 Å². The molecule has 0 aliphatic carbocycles. The van der Waals surface area contributed by atoms with Crippen LogP contribution in [0.1, 0.15) is 11.1 Å². The molecule has 0 spiro atoms. The van der Waals surface area contributed by atoms with Gasteiger partial charge in [0.1, 0.15) is 5.82 Å². The number of hydrogen-bond donors (Lipinski definition) is 0. The maximum absolute atomic E-state index is 14.0. The maximum Gasteiger partial charge on any atom is 0.419 e. The van der Waals surface area contributed by atoms with Crippen LogP contribution >= 0.6 is 11.3 Å². The van der Waals surface area contributed by atoms with Crippen LogP contribution in [0.5, 0.6) is 0 Å². The molecule has 2 aromatic carbocycles. The van der Waals surface area contributed by atoms with E-state index in [1.54, 1.807) is 13.0 Å². The van der Waals surface area contributed by atoms with Gasteiger partial charge in [-0.3, -0.25) is 0 Å². The largest absolute Gasteiger partial charge is 0.419 e. The monoisotopic (exact) mass is 302 g/mol. The minimum absolute atomic E-state index is 0.167. The highest BCUT2D eigenvalue weighted by Crippen LogP contribution is 2.41. The van der Waals surface area contributed by atoms with Crippen LogP contribution in [0.3, 0.4) is 0 Å². The van der Waals surface area contributed by atoms with E-state index in [2.05, 4.69) is 0 Å². The lowest BCUT2D eigenvalue weighted by molar-refractivity contribution is -0.139. The molecule has 1 aromatic heterocycles. The Balaban J connectivity index is 2.45. The van der Waals surface area contributed by atoms with Gasteiger partial charge < -0.3 is 0 Å². The molecule has 0 bridgehead atoms. The number of aryl methyl sites for hydroxylation is 1. The Hall–Kier alpha value is -1.69. The maximum atomic E-state index is 14.0. The summed E-state index contributed by atoms with van der Waals surface area (Å²) in [6.45, 7) is 1.55. The molecule has 0 amide bonds. The summed E-state index contributed by atoms with van der Waals surface area (Å²) >= 11 is 0.709. The van der Waals surface area contributed by atoms with Crippen LogP contribution < -0.4 is 0 Å². The number of fused-ring (bicyclic) bond motifs is 3. The molecule has 0 aliphatic rings.